The standard InChI is InChI=1S/C21H19F4N5O3/c1-2-26-18(31)11-7-15-17(27-9-11)30-6-5-29(10-16(30)19(32)28-15)20(33)13-8-12(22)3-4-14(13)21(23,24)25/h3-4,7-9,16H,2,5-6,10H2,1H3,(H,26,31)(H,28,32). The lowest BCUT2D eigenvalue weighted by atomic mass is 10.0. The highest BCUT2D eigenvalue weighted by molar-refractivity contribution is 6.05. The molecule has 0 spiro atoms. The van der Waals surface area contributed by atoms with E-state index in [0.717, 1.165) is 4.90 Å². The lowest BCUT2D eigenvalue weighted by Gasteiger charge is -2.44. The molecule has 3 heterocycles. The molecular formula is C21H19F4N5O3. The Balaban J connectivity index is 1.59. The first-order valence-electron chi connectivity index (χ1n) is 10.1. The van der Waals surface area contributed by atoms with Crippen molar-refractivity contribution in [3.05, 3.63) is 53.0 Å². The number of hydrogen-bond acceptors (Lipinski definition) is 5. The Morgan fingerprint density at radius 3 is 2.70 bits per heavy atom. The number of aromatic nitrogens is 1. The fraction of sp³-hybridized carbons (Fsp3) is 0.333. The minimum Gasteiger partial charge on any atom is -0.352 e. The maximum absolute atomic E-state index is 13.6. The number of pyridine rings is 1. The van der Waals surface area contributed by atoms with Gasteiger partial charge in [-0.15, -0.1) is 0 Å². The van der Waals surface area contributed by atoms with Gasteiger partial charge in [0.2, 0.25) is 5.91 Å². The summed E-state index contributed by atoms with van der Waals surface area (Å²) >= 11 is 0. The van der Waals surface area contributed by atoms with Gasteiger partial charge in [0.15, 0.2) is 5.82 Å². The summed E-state index contributed by atoms with van der Waals surface area (Å²) < 4.78 is 53.7. The van der Waals surface area contributed by atoms with Crippen LogP contribution in [0.15, 0.2) is 30.5 Å². The summed E-state index contributed by atoms with van der Waals surface area (Å²) in [5.41, 5.74) is -1.47. The predicted octanol–water partition coefficient (Wildman–Crippen LogP) is 2.27. The number of rotatable bonds is 3. The Morgan fingerprint density at radius 1 is 1.24 bits per heavy atom. The SMILES string of the molecule is CCNC(=O)c1cnc2c(c1)NC(=O)C1CN(C(=O)c3cc(F)ccc3C(F)(F)F)CCN21. The number of anilines is 2. The van der Waals surface area contributed by atoms with E-state index in [1.54, 1.807) is 11.8 Å². The number of halogens is 4. The van der Waals surface area contributed by atoms with Crippen LogP contribution in [0, 0.1) is 5.82 Å². The van der Waals surface area contributed by atoms with E-state index in [4.69, 9.17) is 0 Å². The van der Waals surface area contributed by atoms with Crippen LogP contribution in [-0.4, -0.2) is 59.8 Å². The van der Waals surface area contributed by atoms with Crippen molar-refractivity contribution >= 4 is 29.2 Å². The number of carbonyl (C=O) groups is 3. The van der Waals surface area contributed by atoms with E-state index in [9.17, 15) is 31.9 Å². The molecule has 2 N–H and O–H groups in total. The molecule has 0 radical (unpaired) electrons. The molecular weight excluding hydrogens is 446 g/mol. The monoisotopic (exact) mass is 465 g/mol. The summed E-state index contributed by atoms with van der Waals surface area (Å²) in [6, 6.07) is 2.31. The van der Waals surface area contributed by atoms with Crippen molar-refractivity contribution in [3.8, 4) is 0 Å². The summed E-state index contributed by atoms with van der Waals surface area (Å²) in [6.07, 6.45) is -3.48. The summed E-state index contributed by atoms with van der Waals surface area (Å²) in [4.78, 5) is 44.6. The van der Waals surface area contributed by atoms with Crippen LogP contribution < -0.4 is 15.5 Å². The van der Waals surface area contributed by atoms with Crippen molar-refractivity contribution < 1.29 is 31.9 Å². The van der Waals surface area contributed by atoms with Gasteiger partial charge < -0.3 is 20.4 Å². The Morgan fingerprint density at radius 2 is 2.00 bits per heavy atom. The second kappa shape index (κ2) is 8.34. The number of hydrogen-bond donors (Lipinski definition) is 2. The van der Waals surface area contributed by atoms with Gasteiger partial charge in [0.05, 0.1) is 28.9 Å². The van der Waals surface area contributed by atoms with Gasteiger partial charge in [0, 0.05) is 25.8 Å². The molecule has 1 atom stereocenters. The van der Waals surface area contributed by atoms with Crippen molar-refractivity contribution in [2.24, 2.45) is 0 Å². The second-order valence-corrected chi connectivity index (χ2v) is 7.59. The summed E-state index contributed by atoms with van der Waals surface area (Å²) in [5, 5.41) is 5.27. The van der Waals surface area contributed by atoms with Crippen LogP contribution in [0.1, 0.15) is 33.2 Å². The van der Waals surface area contributed by atoms with Gasteiger partial charge in [-0.3, -0.25) is 14.4 Å². The van der Waals surface area contributed by atoms with E-state index in [-0.39, 0.29) is 31.1 Å². The molecule has 2 aliphatic rings. The second-order valence-electron chi connectivity index (χ2n) is 7.59. The maximum atomic E-state index is 13.6. The fourth-order valence-corrected chi connectivity index (χ4v) is 3.94. The number of nitrogens with one attached hydrogen (secondary N) is 2. The van der Waals surface area contributed by atoms with E-state index in [0.29, 0.717) is 36.2 Å². The Labute approximate surface area is 185 Å². The number of piperazine rings is 1. The Bertz CT molecular complexity index is 1140. The van der Waals surface area contributed by atoms with E-state index in [1.165, 1.54) is 12.3 Å². The third kappa shape index (κ3) is 4.20. The van der Waals surface area contributed by atoms with E-state index >= 15 is 0 Å². The molecule has 33 heavy (non-hydrogen) atoms. The first kappa shape index (κ1) is 22.5. The molecule has 1 aromatic heterocycles. The maximum Gasteiger partial charge on any atom is 0.417 e. The molecule has 4 rings (SSSR count). The number of amides is 3. The molecule has 2 aromatic rings. The Kier molecular flexibility index (Phi) is 5.68. The molecule has 1 saturated heterocycles. The molecule has 0 aliphatic carbocycles. The van der Waals surface area contributed by atoms with Gasteiger partial charge in [0.25, 0.3) is 11.8 Å². The first-order valence-corrected chi connectivity index (χ1v) is 10.1. The van der Waals surface area contributed by atoms with E-state index in [2.05, 4.69) is 15.6 Å². The van der Waals surface area contributed by atoms with Gasteiger partial charge in [0.1, 0.15) is 11.9 Å². The van der Waals surface area contributed by atoms with Gasteiger partial charge in [-0.1, -0.05) is 0 Å². The van der Waals surface area contributed by atoms with Crippen LogP contribution in [0.5, 0.6) is 0 Å². The zero-order valence-corrected chi connectivity index (χ0v) is 17.4. The highest BCUT2D eigenvalue weighted by Crippen LogP contribution is 2.35. The number of nitrogens with zero attached hydrogens (tertiary/aromatic N) is 3. The molecule has 2 aliphatic heterocycles. The largest absolute Gasteiger partial charge is 0.417 e. The topological polar surface area (TPSA) is 94.6 Å². The van der Waals surface area contributed by atoms with Crippen LogP contribution in [-0.2, 0) is 11.0 Å². The smallest absolute Gasteiger partial charge is 0.352 e. The summed E-state index contributed by atoms with van der Waals surface area (Å²) in [5.74, 6) is -2.44. The fourth-order valence-electron chi connectivity index (χ4n) is 3.94. The molecule has 3 amide bonds. The molecule has 0 saturated carbocycles. The Hall–Kier alpha value is -3.70. The van der Waals surface area contributed by atoms with Crippen LogP contribution in [0.4, 0.5) is 29.1 Å². The molecule has 0 bridgehead atoms. The number of carbonyl (C=O) groups excluding carboxylic acids is 3. The predicted molar refractivity (Wildman–Crippen MR) is 109 cm³/mol. The third-order valence-electron chi connectivity index (χ3n) is 5.48. The quantitative estimate of drug-likeness (QED) is 0.679. The van der Waals surface area contributed by atoms with Crippen molar-refractivity contribution in [3.63, 3.8) is 0 Å². The third-order valence-corrected chi connectivity index (χ3v) is 5.48. The van der Waals surface area contributed by atoms with E-state index in [1.807, 2.05) is 0 Å². The lowest BCUT2D eigenvalue weighted by Crippen LogP contribution is -2.61. The average molecular weight is 465 g/mol. The highest BCUT2D eigenvalue weighted by Gasteiger charge is 2.42. The normalized spacial score (nSPS) is 17.7. The van der Waals surface area contributed by atoms with E-state index < -0.39 is 41.0 Å². The van der Waals surface area contributed by atoms with Gasteiger partial charge in [-0.25, -0.2) is 9.37 Å². The van der Waals surface area contributed by atoms with Crippen LogP contribution in [0.25, 0.3) is 0 Å². The van der Waals surface area contributed by atoms with Crippen molar-refractivity contribution in [2.75, 3.05) is 36.4 Å². The van der Waals surface area contributed by atoms with Gasteiger partial charge in [-0.2, -0.15) is 13.2 Å². The minimum atomic E-state index is -4.84. The number of benzene rings is 1. The molecule has 1 fully saturated rings. The van der Waals surface area contributed by atoms with Gasteiger partial charge in [-0.05, 0) is 31.2 Å². The number of fused-ring (bicyclic) bond motifs is 3. The van der Waals surface area contributed by atoms with Crippen molar-refractivity contribution in [2.45, 2.75) is 19.1 Å². The first-order chi connectivity index (χ1) is 15.6. The average Bonchev–Trinajstić information content (AvgIpc) is 2.77. The molecule has 1 unspecified atom stereocenters. The molecule has 8 nitrogen and oxygen atoms in total. The molecule has 174 valence electrons. The van der Waals surface area contributed by atoms with Crippen LogP contribution in [0.2, 0.25) is 0 Å². The van der Waals surface area contributed by atoms with Gasteiger partial charge >= 0.3 is 6.18 Å². The summed E-state index contributed by atoms with van der Waals surface area (Å²) in [6.45, 7) is 2.08. The van der Waals surface area contributed by atoms with Crippen LogP contribution >= 0.6 is 0 Å². The highest BCUT2D eigenvalue weighted by atomic mass is 19.4. The molecule has 1 aromatic carbocycles. The van der Waals surface area contributed by atoms with Crippen molar-refractivity contribution in [1.29, 1.82) is 0 Å². The lowest BCUT2D eigenvalue weighted by molar-refractivity contribution is -0.138. The zero-order chi connectivity index (χ0) is 23.9. The minimum absolute atomic E-state index is 0.00435. The molecule has 12 heteroatoms. The number of alkyl halides is 3. The van der Waals surface area contributed by atoms with Crippen LogP contribution in [0.3, 0.4) is 0 Å². The van der Waals surface area contributed by atoms with Crippen molar-refractivity contribution in [1.82, 2.24) is 15.2 Å². The zero-order valence-electron chi connectivity index (χ0n) is 17.4. The summed E-state index contributed by atoms with van der Waals surface area (Å²) in [7, 11) is 0.